The number of hydrogen-bond donors (Lipinski definition) is 0. The Labute approximate surface area is 253 Å². The maximum Gasteiger partial charge on any atom is 0.242 e. The third-order valence-corrected chi connectivity index (χ3v) is 7.93. The van der Waals surface area contributed by atoms with Crippen molar-refractivity contribution in [2.75, 3.05) is 0 Å². The minimum absolute atomic E-state index is 0.0565. The summed E-state index contributed by atoms with van der Waals surface area (Å²) >= 11 is 0. The van der Waals surface area contributed by atoms with E-state index in [2.05, 4.69) is 149 Å². The molecule has 0 atom stereocenters. The first-order valence-corrected chi connectivity index (χ1v) is 14.6. The van der Waals surface area contributed by atoms with Crippen molar-refractivity contribution in [1.82, 2.24) is 9.97 Å². The largest absolute Gasteiger partial charge is 0.256 e. The third kappa shape index (κ3) is 5.53. The number of pyridine rings is 2. The zero-order valence-electron chi connectivity index (χ0n) is 23.7. The van der Waals surface area contributed by atoms with Gasteiger partial charge in [-0.15, -0.1) is 0 Å². The van der Waals surface area contributed by atoms with Gasteiger partial charge in [-0.1, -0.05) is 156 Å². The van der Waals surface area contributed by atoms with Crippen LogP contribution in [-0.4, -0.2) is 16.7 Å². The Morgan fingerprint density at radius 2 is 0.767 bits per heavy atom. The van der Waals surface area contributed by atoms with Crippen molar-refractivity contribution in [1.29, 1.82) is 0 Å². The summed E-state index contributed by atoms with van der Waals surface area (Å²) in [6.07, 6.45) is 3.71. The first-order chi connectivity index (χ1) is 21.3. The quantitative estimate of drug-likeness (QED) is 0.191. The van der Waals surface area contributed by atoms with Crippen LogP contribution in [0.2, 0.25) is 0 Å². The van der Waals surface area contributed by atoms with E-state index in [0.717, 1.165) is 22.5 Å². The Morgan fingerprint density at radius 3 is 1.21 bits per heavy atom. The van der Waals surface area contributed by atoms with Crippen molar-refractivity contribution in [3.63, 3.8) is 0 Å². The van der Waals surface area contributed by atoms with Gasteiger partial charge >= 0.3 is 0 Å². The standard InChI is InChI=1S/C40H29BN2/c1-3-14-30(15-4-1)36-22-13-23-37(31-16-5-2-6-17-31)40(36)41(34-20-11-18-32(28-34)38-24-7-9-26-42-38)35-21-12-19-33(29-35)39-25-8-10-27-43-39/h1-29H. The van der Waals surface area contributed by atoms with E-state index < -0.39 is 0 Å². The highest BCUT2D eigenvalue weighted by Gasteiger charge is 2.29. The molecule has 2 heterocycles. The van der Waals surface area contributed by atoms with E-state index in [9.17, 15) is 0 Å². The minimum Gasteiger partial charge on any atom is -0.256 e. The minimum atomic E-state index is -0.0565. The fourth-order valence-electron chi connectivity index (χ4n) is 5.96. The predicted octanol–water partition coefficient (Wildman–Crippen LogP) is 7.66. The highest BCUT2D eigenvalue weighted by Crippen LogP contribution is 2.26. The Balaban J connectivity index is 1.52. The van der Waals surface area contributed by atoms with Crippen LogP contribution in [0.4, 0.5) is 0 Å². The highest BCUT2D eigenvalue weighted by molar-refractivity contribution is 6.97. The average Bonchev–Trinajstić information content (AvgIpc) is 3.10. The molecular formula is C40H29BN2. The van der Waals surface area contributed by atoms with Crippen LogP contribution in [0, 0.1) is 0 Å². The van der Waals surface area contributed by atoms with Gasteiger partial charge in [-0.3, -0.25) is 9.97 Å². The van der Waals surface area contributed by atoms with Gasteiger partial charge in [0.1, 0.15) is 0 Å². The first-order valence-electron chi connectivity index (χ1n) is 14.6. The lowest BCUT2D eigenvalue weighted by Crippen LogP contribution is -2.53. The fraction of sp³-hybridized carbons (Fsp3) is 0. The zero-order chi connectivity index (χ0) is 28.8. The number of hydrogen-bond acceptors (Lipinski definition) is 2. The lowest BCUT2D eigenvalue weighted by Gasteiger charge is -2.24. The lowest BCUT2D eigenvalue weighted by molar-refractivity contribution is 1.33. The van der Waals surface area contributed by atoms with E-state index in [1.807, 2.05) is 36.7 Å². The molecule has 43 heavy (non-hydrogen) atoms. The van der Waals surface area contributed by atoms with Crippen molar-refractivity contribution in [3.05, 3.63) is 176 Å². The van der Waals surface area contributed by atoms with Gasteiger partial charge in [0, 0.05) is 12.4 Å². The summed E-state index contributed by atoms with van der Waals surface area (Å²) in [7, 11) is 0. The molecule has 0 unspecified atom stereocenters. The SMILES string of the molecule is c1ccc(-c2cccc(-c3ccccc3)c2B(c2cccc(-c3ccccn3)c2)c2cccc(-c3ccccn3)c2)cc1. The molecule has 3 heteroatoms. The summed E-state index contributed by atoms with van der Waals surface area (Å²) in [5.41, 5.74) is 12.7. The molecule has 0 bridgehead atoms. The Hall–Kier alpha value is -5.54. The molecule has 202 valence electrons. The normalized spacial score (nSPS) is 10.8. The van der Waals surface area contributed by atoms with Crippen molar-refractivity contribution in [3.8, 4) is 44.8 Å². The van der Waals surface area contributed by atoms with E-state index in [0.29, 0.717) is 0 Å². The Kier molecular flexibility index (Phi) is 7.44. The van der Waals surface area contributed by atoms with Crippen molar-refractivity contribution < 1.29 is 0 Å². The van der Waals surface area contributed by atoms with Crippen molar-refractivity contribution in [2.45, 2.75) is 0 Å². The highest BCUT2D eigenvalue weighted by atomic mass is 14.7. The molecule has 0 saturated heterocycles. The second-order valence-corrected chi connectivity index (χ2v) is 10.6. The monoisotopic (exact) mass is 548 g/mol. The van der Waals surface area contributed by atoms with Gasteiger partial charge in [-0.2, -0.15) is 0 Å². The van der Waals surface area contributed by atoms with Gasteiger partial charge in [-0.05, 0) is 57.6 Å². The Morgan fingerprint density at radius 1 is 0.349 bits per heavy atom. The van der Waals surface area contributed by atoms with Gasteiger partial charge < -0.3 is 0 Å². The van der Waals surface area contributed by atoms with E-state index >= 15 is 0 Å². The summed E-state index contributed by atoms with van der Waals surface area (Å²) in [5, 5.41) is 0. The molecule has 0 aliphatic carbocycles. The van der Waals surface area contributed by atoms with Crippen LogP contribution in [0.5, 0.6) is 0 Å². The van der Waals surface area contributed by atoms with E-state index in [1.165, 1.54) is 38.6 Å². The summed E-state index contributed by atoms with van der Waals surface area (Å²) in [4.78, 5) is 9.34. The molecule has 0 N–H and O–H groups in total. The van der Waals surface area contributed by atoms with Crippen LogP contribution in [0.1, 0.15) is 0 Å². The van der Waals surface area contributed by atoms with Gasteiger partial charge in [-0.25, -0.2) is 0 Å². The first kappa shape index (κ1) is 26.4. The maximum absolute atomic E-state index is 4.67. The predicted molar refractivity (Wildman–Crippen MR) is 181 cm³/mol. The number of rotatable bonds is 7. The molecule has 0 radical (unpaired) electrons. The van der Waals surface area contributed by atoms with Gasteiger partial charge in [0.2, 0.25) is 6.71 Å². The molecular weight excluding hydrogens is 519 g/mol. The van der Waals surface area contributed by atoms with Gasteiger partial charge in [0.05, 0.1) is 11.4 Å². The smallest absolute Gasteiger partial charge is 0.242 e. The molecule has 0 aliphatic heterocycles. The molecule has 0 fully saturated rings. The van der Waals surface area contributed by atoms with Crippen LogP contribution in [0.3, 0.4) is 0 Å². The number of nitrogens with zero attached hydrogens (tertiary/aromatic N) is 2. The number of aromatic nitrogens is 2. The van der Waals surface area contributed by atoms with E-state index in [1.54, 1.807) is 0 Å². The molecule has 7 aromatic rings. The lowest BCUT2D eigenvalue weighted by atomic mass is 9.35. The molecule has 2 aromatic heterocycles. The number of benzene rings is 5. The van der Waals surface area contributed by atoms with Crippen molar-refractivity contribution in [2.24, 2.45) is 0 Å². The van der Waals surface area contributed by atoms with Crippen LogP contribution < -0.4 is 16.4 Å². The van der Waals surface area contributed by atoms with Crippen LogP contribution in [-0.2, 0) is 0 Å². The molecule has 2 nitrogen and oxygen atoms in total. The van der Waals surface area contributed by atoms with E-state index in [4.69, 9.17) is 0 Å². The third-order valence-electron chi connectivity index (χ3n) is 7.93. The van der Waals surface area contributed by atoms with Gasteiger partial charge in [0.25, 0.3) is 0 Å². The van der Waals surface area contributed by atoms with Gasteiger partial charge in [0.15, 0.2) is 0 Å². The van der Waals surface area contributed by atoms with Crippen LogP contribution in [0.25, 0.3) is 44.8 Å². The summed E-state index contributed by atoms with van der Waals surface area (Å²) in [6.45, 7) is -0.0565. The van der Waals surface area contributed by atoms with E-state index in [-0.39, 0.29) is 6.71 Å². The average molecular weight is 548 g/mol. The summed E-state index contributed by atoms with van der Waals surface area (Å²) < 4.78 is 0. The molecule has 5 aromatic carbocycles. The molecule has 7 rings (SSSR count). The summed E-state index contributed by atoms with van der Waals surface area (Å²) in [6, 6.07) is 58.0. The zero-order valence-corrected chi connectivity index (χ0v) is 23.7. The topological polar surface area (TPSA) is 25.8 Å². The molecule has 0 aliphatic rings. The van der Waals surface area contributed by atoms with Crippen LogP contribution >= 0.6 is 0 Å². The second kappa shape index (κ2) is 12.1. The molecule has 0 saturated carbocycles. The Bertz CT molecular complexity index is 1820. The molecule has 0 spiro atoms. The van der Waals surface area contributed by atoms with Crippen molar-refractivity contribution >= 4 is 23.1 Å². The second-order valence-electron chi connectivity index (χ2n) is 10.6. The molecule has 0 amide bonds. The fourth-order valence-corrected chi connectivity index (χ4v) is 5.96. The summed E-state index contributed by atoms with van der Waals surface area (Å²) in [5.74, 6) is 0. The van der Waals surface area contributed by atoms with Crippen LogP contribution in [0.15, 0.2) is 176 Å². The maximum atomic E-state index is 4.67.